The van der Waals surface area contributed by atoms with Crippen LogP contribution in [0.25, 0.3) is 0 Å². The summed E-state index contributed by atoms with van der Waals surface area (Å²) in [4.78, 5) is 11.1. The lowest BCUT2D eigenvalue weighted by atomic mass is 10.1. The Hall–Kier alpha value is -2.57. The first-order valence-corrected chi connectivity index (χ1v) is 5.34. The lowest BCUT2D eigenvalue weighted by molar-refractivity contribution is 0.100. The van der Waals surface area contributed by atoms with Gasteiger partial charge in [0, 0.05) is 7.05 Å². The fourth-order valence-electron chi connectivity index (χ4n) is 1.58. The highest BCUT2D eigenvalue weighted by Crippen LogP contribution is 2.22. The maximum atomic E-state index is 11.1. The second kappa shape index (κ2) is 4.74. The van der Waals surface area contributed by atoms with Crippen LogP contribution < -0.4 is 16.8 Å². The Morgan fingerprint density at radius 3 is 2.89 bits per heavy atom. The molecule has 0 radical (unpaired) electrons. The number of hydrogen-bond donors (Lipinski definition) is 3. The standard InChI is InChI=1S/C11H14N6O/c1-17-6-15-16-9(17)5-14-8-4-2-3-7(10(8)12)11(13)18/h2-4,6,14H,5,12H2,1H3,(H2,13,18). The van der Waals surface area contributed by atoms with Crippen LogP contribution in [0.1, 0.15) is 16.2 Å². The van der Waals surface area contributed by atoms with Crippen LogP contribution in [-0.4, -0.2) is 20.7 Å². The van der Waals surface area contributed by atoms with Gasteiger partial charge in [-0.15, -0.1) is 10.2 Å². The Morgan fingerprint density at radius 1 is 1.50 bits per heavy atom. The Morgan fingerprint density at radius 2 is 2.28 bits per heavy atom. The van der Waals surface area contributed by atoms with E-state index in [2.05, 4.69) is 15.5 Å². The summed E-state index contributed by atoms with van der Waals surface area (Å²) in [5.74, 6) is 0.216. The van der Waals surface area contributed by atoms with Crippen LogP contribution in [0.3, 0.4) is 0 Å². The third-order valence-electron chi connectivity index (χ3n) is 2.61. The molecule has 94 valence electrons. The highest BCUT2D eigenvalue weighted by atomic mass is 16.1. The van der Waals surface area contributed by atoms with Crippen LogP contribution in [-0.2, 0) is 13.6 Å². The number of nitrogens with zero attached hydrogens (tertiary/aromatic N) is 3. The molecule has 2 rings (SSSR count). The summed E-state index contributed by atoms with van der Waals surface area (Å²) < 4.78 is 1.79. The summed E-state index contributed by atoms with van der Waals surface area (Å²) in [6.45, 7) is 0.461. The summed E-state index contributed by atoms with van der Waals surface area (Å²) in [6, 6.07) is 5.08. The zero-order chi connectivity index (χ0) is 13.1. The molecule has 1 aromatic heterocycles. The molecule has 1 heterocycles. The van der Waals surface area contributed by atoms with Gasteiger partial charge in [-0.3, -0.25) is 4.79 Å². The van der Waals surface area contributed by atoms with E-state index in [1.54, 1.807) is 29.1 Å². The highest BCUT2D eigenvalue weighted by molar-refractivity contribution is 6.00. The smallest absolute Gasteiger partial charge is 0.250 e. The maximum absolute atomic E-state index is 11.1. The summed E-state index contributed by atoms with van der Waals surface area (Å²) in [7, 11) is 1.85. The van der Waals surface area contributed by atoms with E-state index >= 15 is 0 Å². The van der Waals surface area contributed by atoms with Gasteiger partial charge in [0.25, 0.3) is 5.91 Å². The monoisotopic (exact) mass is 246 g/mol. The number of anilines is 2. The number of aryl methyl sites for hydroxylation is 1. The fraction of sp³-hybridized carbons (Fsp3) is 0.182. The van der Waals surface area contributed by atoms with Crippen LogP contribution in [0.2, 0.25) is 0 Å². The van der Waals surface area contributed by atoms with Gasteiger partial charge in [0.1, 0.15) is 6.33 Å². The van der Waals surface area contributed by atoms with Crippen molar-refractivity contribution in [1.29, 1.82) is 0 Å². The van der Waals surface area contributed by atoms with Crippen LogP contribution >= 0.6 is 0 Å². The first kappa shape index (κ1) is 11.9. The molecular weight excluding hydrogens is 232 g/mol. The molecule has 0 bridgehead atoms. The van der Waals surface area contributed by atoms with Crippen LogP contribution in [0.5, 0.6) is 0 Å². The molecule has 7 nitrogen and oxygen atoms in total. The summed E-state index contributed by atoms with van der Waals surface area (Å²) in [5, 5.41) is 10.8. The molecule has 1 amide bonds. The minimum Gasteiger partial charge on any atom is -0.396 e. The maximum Gasteiger partial charge on any atom is 0.250 e. The van der Waals surface area contributed by atoms with Gasteiger partial charge in [0.2, 0.25) is 0 Å². The van der Waals surface area contributed by atoms with E-state index in [0.29, 0.717) is 23.5 Å². The van der Waals surface area contributed by atoms with E-state index in [4.69, 9.17) is 11.5 Å². The number of hydrogen-bond acceptors (Lipinski definition) is 5. The van der Waals surface area contributed by atoms with Crippen molar-refractivity contribution < 1.29 is 4.79 Å². The normalized spacial score (nSPS) is 10.3. The highest BCUT2D eigenvalue weighted by Gasteiger charge is 2.09. The van der Waals surface area contributed by atoms with Gasteiger partial charge in [-0.05, 0) is 12.1 Å². The molecule has 7 heteroatoms. The van der Waals surface area contributed by atoms with E-state index in [-0.39, 0.29) is 0 Å². The summed E-state index contributed by atoms with van der Waals surface area (Å²) in [6.07, 6.45) is 1.61. The quantitative estimate of drug-likeness (QED) is 0.663. The molecule has 18 heavy (non-hydrogen) atoms. The summed E-state index contributed by atoms with van der Waals surface area (Å²) in [5.41, 5.74) is 12.4. The van der Waals surface area contributed by atoms with Gasteiger partial charge >= 0.3 is 0 Å². The molecular formula is C11H14N6O. The number of para-hydroxylation sites is 1. The average Bonchev–Trinajstić information content (AvgIpc) is 2.73. The number of benzene rings is 1. The Balaban J connectivity index is 2.17. The first-order chi connectivity index (χ1) is 8.59. The Bertz CT molecular complexity index is 577. The topological polar surface area (TPSA) is 112 Å². The van der Waals surface area contributed by atoms with Crippen molar-refractivity contribution in [3.8, 4) is 0 Å². The third-order valence-corrected chi connectivity index (χ3v) is 2.61. The van der Waals surface area contributed by atoms with Crippen LogP contribution in [0.15, 0.2) is 24.5 Å². The lowest BCUT2D eigenvalue weighted by Gasteiger charge is -2.10. The minimum absolute atomic E-state index is 0.304. The SMILES string of the molecule is Cn1cnnc1CNc1cccc(C(N)=O)c1N. The van der Waals surface area contributed by atoms with Gasteiger partial charge < -0.3 is 21.4 Å². The Labute approximate surface area is 104 Å². The first-order valence-electron chi connectivity index (χ1n) is 5.34. The predicted molar refractivity (Wildman–Crippen MR) is 67.7 cm³/mol. The molecule has 2 aromatic rings. The number of carbonyl (C=O) groups excluding carboxylic acids is 1. The van der Waals surface area contributed by atoms with Crippen molar-refractivity contribution >= 4 is 17.3 Å². The predicted octanol–water partition coefficient (Wildman–Crippen LogP) is 0.108. The van der Waals surface area contributed by atoms with Crippen LogP contribution in [0, 0.1) is 0 Å². The number of nitrogens with one attached hydrogen (secondary N) is 1. The van der Waals surface area contributed by atoms with Crippen molar-refractivity contribution in [3.63, 3.8) is 0 Å². The van der Waals surface area contributed by atoms with Crippen molar-refractivity contribution in [1.82, 2.24) is 14.8 Å². The fourth-order valence-corrected chi connectivity index (χ4v) is 1.58. The summed E-state index contributed by atoms with van der Waals surface area (Å²) >= 11 is 0. The van der Waals surface area contributed by atoms with Crippen molar-refractivity contribution in [2.45, 2.75) is 6.54 Å². The molecule has 0 aliphatic heterocycles. The number of aromatic nitrogens is 3. The molecule has 5 N–H and O–H groups in total. The second-order valence-electron chi connectivity index (χ2n) is 3.84. The molecule has 0 spiro atoms. The Kier molecular flexibility index (Phi) is 3.13. The number of carbonyl (C=O) groups is 1. The molecule has 0 atom stereocenters. The zero-order valence-electron chi connectivity index (χ0n) is 9.92. The van der Waals surface area contributed by atoms with Gasteiger partial charge in [0.05, 0.1) is 23.5 Å². The molecule has 0 fully saturated rings. The van der Waals surface area contributed by atoms with Crippen LogP contribution in [0.4, 0.5) is 11.4 Å². The third kappa shape index (κ3) is 2.24. The van der Waals surface area contributed by atoms with Crippen molar-refractivity contribution in [2.75, 3.05) is 11.1 Å². The second-order valence-corrected chi connectivity index (χ2v) is 3.84. The number of nitrogens with two attached hydrogens (primary N) is 2. The molecule has 0 saturated heterocycles. The largest absolute Gasteiger partial charge is 0.396 e. The van der Waals surface area contributed by atoms with E-state index < -0.39 is 5.91 Å². The average molecular weight is 246 g/mol. The number of rotatable bonds is 4. The van der Waals surface area contributed by atoms with Gasteiger partial charge in [-0.1, -0.05) is 6.07 Å². The van der Waals surface area contributed by atoms with E-state index in [9.17, 15) is 4.79 Å². The number of nitrogen functional groups attached to an aromatic ring is 1. The minimum atomic E-state index is -0.546. The molecule has 0 saturated carbocycles. The van der Waals surface area contributed by atoms with Gasteiger partial charge in [-0.2, -0.15) is 0 Å². The van der Waals surface area contributed by atoms with Crippen molar-refractivity contribution in [2.24, 2.45) is 12.8 Å². The number of amides is 1. The molecule has 1 aromatic carbocycles. The van der Waals surface area contributed by atoms with E-state index in [0.717, 1.165) is 5.82 Å². The zero-order valence-corrected chi connectivity index (χ0v) is 9.92. The number of primary amides is 1. The molecule has 0 aliphatic rings. The van der Waals surface area contributed by atoms with Crippen molar-refractivity contribution in [3.05, 3.63) is 35.9 Å². The van der Waals surface area contributed by atoms with Gasteiger partial charge in [0.15, 0.2) is 5.82 Å². The lowest BCUT2D eigenvalue weighted by Crippen LogP contribution is -2.15. The van der Waals surface area contributed by atoms with E-state index in [1.807, 2.05) is 7.05 Å². The molecule has 0 aliphatic carbocycles. The van der Waals surface area contributed by atoms with E-state index in [1.165, 1.54) is 0 Å². The van der Waals surface area contributed by atoms with Gasteiger partial charge in [-0.25, -0.2) is 0 Å². The molecule has 0 unspecified atom stereocenters.